The quantitative estimate of drug-likeness (QED) is 0.240. The number of hydrogen-bond acceptors (Lipinski definition) is 2. The number of fused-ring (bicyclic) bond motifs is 8. The van der Waals surface area contributed by atoms with Gasteiger partial charge in [-0.15, -0.1) is 22.1 Å². The van der Waals surface area contributed by atoms with E-state index in [-0.39, 0.29) is 28.3 Å². The van der Waals surface area contributed by atoms with Crippen molar-refractivity contribution in [2.75, 3.05) is 0 Å². The topological polar surface area (TPSA) is 54.0 Å². The van der Waals surface area contributed by atoms with Crippen molar-refractivity contribution in [2.24, 2.45) is 0 Å². The molecule has 0 saturated carbocycles. The molecule has 8 bridgehead atoms. The predicted octanol–water partition coefficient (Wildman–Crippen LogP) is 12.5. The van der Waals surface area contributed by atoms with Gasteiger partial charge >= 0.3 is 16.5 Å². The minimum absolute atomic E-state index is 0. The van der Waals surface area contributed by atoms with Crippen molar-refractivity contribution in [3.8, 4) is 0 Å². The van der Waals surface area contributed by atoms with Crippen LogP contribution >= 0.6 is 127 Å². The Labute approximate surface area is 340 Å². The molecule has 240 valence electrons. The van der Waals surface area contributed by atoms with Crippen molar-refractivity contribution >= 4 is 179 Å². The smallest absolute Gasteiger partial charge is 0.655 e. The summed E-state index contributed by atoms with van der Waals surface area (Å²) in [6.45, 7) is 17.0. The van der Waals surface area contributed by atoms with Gasteiger partial charge in [-0.2, -0.15) is 0 Å². The van der Waals surface area contributed by atoms with Crippen molar-refractivity contribution in [1.82, 2.24) is 19.9 Å². The zero-order chi connectivity index (χ0) is 32.7. The van der Waals surface area contributed by atoms with Crippen LogP contribution in [-0.2, 0) is 16.5 Å². The number of halogens is 8. The molecule has 13 heteroatoms. The largest absolute Gasteiger partial charge is 2.00 e. The summed E-state index contributed by atoms with van der Waals surface area (Å²) in [5.74, 6) is 0.210. The first kappa shape index (κ1) is 38.5. The Morgan fingerprint density at radius 2 is 0.756 bits per heavy atom. The maximum Gasteiger partial charge on any atom is 2.00 e. The fraction of sp³-hybridized carbons (Fsp3) is 0.312. The first-order valence-corrected chi connectivity index (χ1v) is 20.0. The monoisotopic (exact) mass is 1160 g/mol. The van der Waals surface area contributed by atoms with E-state index in [2.05, 4.69) is 183 Å². The molecule has 0 N–H and O–H groups in total. The van der Waals surface area contributed by atoms with Crippen LogP contribution in [-0.4, -0.2) is 9.97 Å². The second kappa shape index (κ2) is 14.5. The Bertz CT molecular complexity index is 2010. The Hall–Kier alpha value is 0.674. The van der Waals surface area contributed by atoms with E-state index >= 15 is 0 Å². The maximum atomic E-state index is 5.31. The van der Waals surface area contributed by atoms with E-state index in [0.29, 0.717) is 0 Å². The van der Waals surface area contributed by atoms with E-state index in [1.165, 1.54) is 0 Å². The first-order chi connectivity index (χ1) is 20.5. The van der Waals surface area contributed by atoms with Crippen LogP contribution in [0.2, 0.25) is 0 Å². The van der Waals surface area contributed by atoms with Gasteiger partial charge in [0, 0.05) is 23.1 Å². The summed E-state index contributed by atoms with van der Waals surface area (Å²) in [6.07, 6.45) is 0. The Balaban J connectivity index is 0.00000461. The van der Waals surface area contributed by atoms with Crippen LogP contribution < -0.4 is 20.4 Å². The Morgan fingerprint density at radius 3 is 1.04 bits per heavy atom. The van der Waals surface area contributed by atoms with E-state index in [0.717, 1.165) is 113 Å². The van der Waals surface area contributed by atoms with E-state index in [4.69, 9.17) is 19.9 Å². The summed E-state index contributed by atoms with van der Waals surface area (Å²) >= 11 is 31.2. The molecule has 0 amide bonds. The normalized spacial score (nSPS) is 13.4. The van der Waals surface area contributed by atoms with E-state index < -0.39 is 0 Å². The molecule has 0 fully saturated rings. The van der Waals surface area contributed by atoms with Crippen LogP contribution in [0.3, 0.4) is 0 Å². The summed E-state index contributed by atoms with van der Waals surface area (Å²) in [7, 11) is 0. The van der Waals surface area contributed by atoms with Gasteiger partial charge < -0.3 is 9.97 Å². The molecule has 2 aliphatic heterocycles. The van der Waals surface area contributed by atoms with Gasteiger partial charge in [-0.25, -0.2) is 9.97 Å². The van der Waals surface area contributed by atoms with Gasteiger partial charge in [0.2, 0.25) is 0 Å². The molecular formula is C32H26Br8N4Ni. The number of rotatable bonds is 2. The second-order valence-electron chi connectivity index (χ2n) is 11.6. The average molecular weight is 1160 g/mol. The average Bonchev–Trinajstić information content (AvgIpc) is 3.58. The van der Waals surface area contributed by atoms with Crippen molar-refractivity contribution in [2.45, 2.75) is 67.2 Å². The molecule has 3 aromatic heterocycles. The molecular weight excluding hydrogens is 1140 g/mol. The van der Waals surface area contributed by atoms with Crippen LogP contribution in [0, 0.1) is 0 Å². The zero-order valence-electron chi connectivity index (χ0n) is 25.3. The van der Waals surface area contributed by atoms with Gasteiger partial charge in [-0.05, 0) is 114 Å². The van der Waals surface area contributed by atoms with Crippen molar-refractivity contribution in [3.05, 3.63) is 62.2 Å². The number of hydrogen-bond donors (Lipinski definition) is 0. The standard InChI is InChI=1S/C32H26Br8N4.Ni/c1-9(2)13-25-17(33)19(35)27(41-25)14(10(3)4)29-21(37)23(39)31(43-29)16(12(7)8)32-24(40)22(38)30(44-32)15(11(5)6)28-20(36)18(34)26(13)42-28;/h9,12H,1-8H3;/q-2;+2. The third kappa shape index (κ3) is 6.41. The van der Waals surface area contributed by atoms with E-state index in [1.807, 2.05) is 0 Å². The predicted molar refractivity (Wildman–Crippen MR) is 216 cm³/mol. The molecule has 2 aliphatic rings. The van der Waals surface area contributed by atoms with Crippen molar-refractivity contribution in [1.29, 1.82) is 0 Å². The summed E-state index contributed by atoms with van der Waals surface area (Å²) in [5, 5.41) is 1.89. The first-order valence-electron chi connectivity index (χ1n) is 13.7. The van der Waals surface area contributed by atoms with Gasteiger partial charge in [-0.1, -0.05) is 108 Å². The second-order valence-corrected chi connectivity index (χ2v) is 18.0. The van der Waals surface area contributed by atoms with Gasteiger partial charge in [0.25, 0.3) is 0 Å². The number of aromatic nitrogens is 4. The van der Waals surface area contributed by atoms with E-state index in [1.54, 1.807) is 0 Å². The summed E-state index contributed by atoms with van der Waals surface area (Å²) < 4.78 is 6.97. The fourth-order valence-electron chi connectivity index (χ4n) is 5.54. The molecule has 0 spiro atoms. The molecule has 5 heterocycles. The minimum Gasteiger partial charge on any atom is -0.655 e. The summed E-state index contributed by atoms with van der Waals surface area (Å²) in [6, 6.07) is 0. The number of nitrogens with zero attached hydrogens (tertiary/aromatic N) is 4. The molecule has 0 saturated heterocycles. The van der Waals surface area contributed by atoms with Crippen molar-refractivity contribution < 1.29 is 16.5 Å². The minimum atomic E-state index is 0. The molecule has 0 unspecified atom stereocenters. The van der Waals surface area contributed by atoms with Crippen molar-refractivity contribution in [3.63, 3.8) is 0 Å². The van der Waals surface area contributed by atoms with Crippen LogP contribution in [0.1, 0.15) is 101 Å². The third-order valence-electron chi connectivity index (χ3n) is 7.45. The Morgan fingerprint density at radius 1 is 0.467 bits per heavy atom. The van der Waals surface area contributed by atoms with E-state index in [9.17, 15) is 0 Å². The third-order valence-corrected chi connectivity index (χ3v) is 15.8. The summed E-state index contributed by atoms with van der Waals surface area (Å²) in [5.41, 5.74) is 10.8. The molecule has 3 aromatic rings. The van der Waals surface area contributed by atoms with Crippen LogP contribution in [0.25, 0.3) is 51.1 Å². The van der Waals surface area contributed by atoms with Gasteiger partial charge in [0.05, 0.1) is 40.7 Å². The molecule has 4 nitrogen and oxygen atoms in total. The van der Waals surface area contributed by atoms with Gasteiger partial charge in [0.15, 0.2) is 0 Å². The fourth-order valence-corrected chi connectivity index (χ4v) is 9.40. The molecule has 5 rings (SSSR count). The molecule has 0 atom stereocenters. The Kier molecular flexibility index (Phi) is 12.4. The van der Waals surface area contributed by atoms with Crippen LogP contribution in [0.4, 0.5) is 0 Å². The van der Waals surface area contributed by atoms with Crippen LogP contribution in [0.15, 0.2) is 17.9 Å². The SMILES string of the molecule is CC(C)=c1c2nc(c(C(C)C)c3[n-]c(c(Br)c3Br)c(=C(C)C)c3[n-]c(c(Br)c3Br)c(C(C)C)c3nc1C(Br)=C3Br)C(Br)=C2Br.[Ni+2]. The molecule has 0 aliphatic carbocycles. The molecule has 45 heavy (non-hydrogen) atoms. The van der Waals surface area contributed by atoms with Gasteiger partial charge in [0.1, 0.15) is 0 Å². The van der Waals surface area contributed by atoms with Crippen LogP contribution in [0.5, 0.6) is 0 Å². The van der Waals surface area contributed by atoms with Gasteiger partial charge in [-0.3, -0.25) is 0 Å². The molecule has 0 aromatic carbocycles. The molecule has 0 radical (unpaired) electrons. The summed E-state index contributed by atoms with van der Waals surface area (Å²) in [4.78, 5) is 21.3. The zero-order valence-corrected chi connectivity index (χ0v) is 39.0. The maximum absolute atomic E-state index is 5.31.